The molecule has 3 fully saturated rings. The second-order valence-electron chi connectivity index (χ2n) is 18.3. The Kier molecular flexibility index (Phi) is 24.9. The molecule has 3 saturated heterocycles. The van der Waals surface area contributed by atoms with Crippen LogP contribution in [0.4, 0.5) is 0 Å². The first-order chi connectivity index (χ1) is 31.1. The van der Waals surface area contributed by atoms with Gasteiger partial charge >= 0.3 is 0 Å². The quantitative estimate of drug-likeness (QED) is 0.0355. The third-order valence-corrected chi connectivity index (χ3v) is 13.1. The van der Waals surface area contributed by atoms with Crippen molar-refractivity contribution in [2.45, 2.75) is 137 Å². The Hall–Kier alpha value is -3.96. The summed E-state index contributed by atoms with van der Waals surface area (Å²) in [4.78, 5) is 19.2. The molecule has 10 nitrogen and oxygen atoms in total. The minimum atomic E-state index is -0.361. The third-order valence-electron chi connectivity index (χ3n) is 13.1. The SMILES string of the molecule is CCC(=NO)c1ccc(OCCCN2CCCCC2C)cc1.CCC(=O)c1ccc(OCCCN2CCC(C)CC2)cc1.CCC(O)c1ccc(OCCCN2CCC(C)CC2)cc1. The monoisotopic (exact) mass is 885 g/mol. The number of nitrogens with zero attached hydrogens (tertiary/aromatic N) is 4. The molecule has 0 aliphatic carbocycles. The van der Waals surface area contributed by atoms with Gasteiger partial charge in [0.05, 0.1) is 31.6 Å². The molecule has 64 heavy (non-hydrogen) atoms. The van der Waals surface area contributed by atoms with E-state index < -0.39 is 0 Å². The molecule has 3 aliphatic heterocycles. The summed E-state index contributed by atoms with van der Waals surface area (Å²) in [6.07, 6.45) is 14.2. The summed E-state index contributed by atoms with van der Waals surface area (Å²) in [5, 5.41) is 22.0. The van der Waals surface area contributed by atoms with Crippen LogP contribution < -0.4 is 14.2 Å². The van der Waals surface area contributed by atoms with Crippen molar-refractivity contribution < 1.29 is 29.3 Å². The summed E-state index contributed by atoms with van der Waals surface area (Å²) in [6, 6.07) is 23.8. The highest BCUT2D eigenvalue weighted by Gasteiger charge is 2.18. The van der Waals surface area contributed by atoms with Crippen LogP contribution in [-0.4, -0.2) is 115 Å². The average Bonchev–Trinajstić information content (AvgIpc) is 3.33. The van der Waals surface area contributed by atoms with Gasteiger partial charge in [0.1, 0.15) is 17.2 Å². The normalized spacial score (nSPS) is 18.5. The van der Waals surface area contributed by atoms with Gasteiger partial charge in [0.2, 0.25) is 0 Å². The Balaban J connectivity index is 0.000000210. The molecule has 0 bridgehead atoms. The number of Topliss-reactive ketones (excluding diaryl/α,β-unsaturated/α-hetero) is 1. The number of aliphatic hydroxyl groups excluding tert-OH is 1. The zero-order valence-corrected chi connectivity index (χ0v) is 40.5. The van der Waals surface area contributed by atoms with E-state index in [2.05, 4.69) is 40.6 Å². The average molecular weight is 885 g/mol. The maximum Gasteiger partial charge on any atom is 0.162 e. The van der Waals surface area contributed by atoms with Crippen molar-refractivity contribution in [3.8, 4) is 17.2 Å². The first-order valence-electron chi connectivity index (χ1n) is 24.9. The van der Waals surface area contributed by atoms with Gasteiger partial charge in [-0.3, -0.25) is 4.79 Å². The molecule has 3 heterocycles. The summed E-state index contributed by atoms with van der Waals surface area (Å²) < 4.78 is 17.3. The van der Waals surface area contributed by atoms with Crippen LogP contribution in [-0.2, 0) is 0 Å². The number of piperidine rings is 3. The Morgan fingerprint density at radius 1 is 0.609 bits per heavy atom. The van der Waals surface area contributed by atoms with Crippen LogP contribution in [0.25, 0.3) is 0 Å². The number of carbonyl (C=O) groups is 1. The summed E-state index contributed by atoms with van der Waals surface area (Å²) >= 11 is 0. The second-order valence-corrected chi connectivity index (χ2v) is 18.3. The topological polar surface area (TPSA) is 107 Å². The molecule has 356 valence electrons. The first kappa shape index (κ1) is 52.7. The number of hydrogen-bond acceptors (Lipinski definition) is 10. The zero-order valence-electron chi connectivity index (χ0n) is 40.5. The minimum Gasteiger partial charge on any atom is -0.494 e. The molecule has 10 heteroatoms. The van der Waals surface area contributed by atoms with E-state index in [9.17, 15) is 9.90 Å². The summed E-state index contributed by atoms with van der Waals surface area (Å²) in [6.45, 7) is 24.7. The molecule has 6 rings (SSSR count). The van der Waals surface area contributed by atoms with E-state index in [0.29, 0.717) is 18.6 Å². The summed E-state index contributed by atoms with van der Waals surface area (Å²) in [5.41, 5.74) is 3.38. The number of carbonyl (C=O) groups excluding carboxylic acids is 1. The summed E-state index contributed by atoms with van der Waals surface area (Å²) in [7, 11) is 0. The standard InChI is InChI=1S/C18H28N2O2.C18H29NO2.C18H27NO2/c1-3-18(19-21)16-8-10-17(11-9-16)22-14-6-13-20-12-5-4-7-15(20)2;2*1-3-18(20)16-5-7-17(8-6-16)21-14-4-11-19-12-9-15(2)10-13-19/h8-11,15,21H,3-7,12-14H2,1-2H3;5-8,15,18,20H,3-4,9-14H2,1-2H3;5-8,15H,3-4,9-14H2,1-2H3. The molecule has 0 radical (unpaired) electrons. The van der Waals surface area contributed by atoms with Crippen molar-refractivity contribution in [3.05, 3.63) is 89.5 Å². The van der Waals surface area contributed by atoms with Crippen molar-refractivity contribution in [1.82, 2.24) is 14.7 Å². The van der Waals surface area contributed by atoms with Crippen molar-refractivity contribution >= 4 is 11.5 Å². The molecule has 2 atom stereocenters. The molecule has 0 aromatic heterocycles. The highest BCUT2D eigenvalue weighted by molar-refractivity contribution is 6.00. The fraction of sp³-hybridized carbons (Fsp3) is 0.630. The van der Waals surface area contributed by atoms with E-state index in [1.807, 2.05) is 93.6 Å². The van der Waals surface area contributed by atoms with Gasteiger partial charge in [-0.1, -0.05) is 58.3 Å². The van der Waals surface area contributed by atoms with Crippen molar-refractivity contribution in [1.29, 1.82) is 0 Å². The molecular weight excluding hydrogens is 801 g/mol. The number of aliphatic hydroxyl groups is 1. The Bertz CT molecular complexity index is 1700. The van der Waals surface area contributed by atoms with Gasteiger partial charge in [-0.15, -0.1) is 0 Å². The molecule has 3 aromatic carbocycles. The molecule has 0 amide bonds. The lowest BCUT2D eigenvalue weighted by molar-refractivity contribution is 0.0988. The summed E-state index contributed by atoms with van der Waals surface area (Å²) in [5.74, 6) is 4.60. The lowest BCUT2D eigenvalue weighted by Crippen LogP contribution is -2.38. The van der Waals surface area contributed by atoms with Crippen LogP contribution in [0.15, 0.2) is 78.0 Å². The third kappa shape index (κ3) is 19.6. The van der Waals surface area contributed by atoms with Crippen LogP contribution in [0.2, 0.25) is 0 Å². The zero-order chi connectivity index (χ0) is 45.9. The Labute approximate surface area is 387 Å². The van der Waals surface area contributed by atoms with E-state index in [0.717, 1.165) is 117 Å². The minimum absolute atomic E-state index is 0.181. The molecule has 3 aliphatic rings. The lowest BCUT2D eigenvalue weighted by Gasteiger charge is -2.33. The van der Waals surface area contributed by atoms with Gasteiger partial charge in [0.15, 0.2) is 5.78 Å². The van der Waals surface area contributed by atoms with E-state index in [1.165, 1.54) is 77.7 Å². The molecule has 0 saturated carbocycles. The fourth-order valence-corrected chi connectivity index (χ4v) is 8.51. The van der Waals surface area contributed by atoms with Gasteiger partial charge in [-0.05, 0) is 194 Å². The highest BCUT2D eigenvalue weighted by Crippen LogP contribution is 2.22. The molecule has 2 N–H and O–H groups in total. The van der Waals surface area contributed by atoms with Crippen LogP contribution in [0.1, 0.15) is 153 Å². The van der Waals surface area contributed by atoms with Crippen LogP contribution in [0.3, 0.4) is 0 Å². The second kappa shape index (κ2) is 30.3. The molecule has 0 spiro atoms. The predicted octanol–water partition coefficient (Wildman–Crippen LogP) is 11.3. The van der Waals surface area contributed by atoms with E-state index in [4.69, 9.17) is 19.4 Å². The van der Waals surface area contributed by atoms with Gasteiger partial charge < -0.3 is 39.2 Å². The Morgan fingerprint density at radius 2 is 1.06 bits per heavy atom. The van der Waals surface area contributed by atoms with Crippen molar-refractivity contribution in [3.63, 3.8) is 0 Å². The number of oxime groups is 1. The number of ketones is 1. The predicted molar refractivity (Wildman–Crippen MR) is 263 cm³/mol. The largest absolute Gasteiger partial charge is 0.494 e. The van der Waals surface area contributed by atoms with Gasteiger partial charge in [-0.25, -0.2) is 0 Å². The Morgan fingerprint density at radius 3 is 1.48 bits per heavy atom. The van der Waals surface area contributed by atoms with E-state index in [-0.39, 0.29) is 11.9 Å². The fourth-order valence-electron chi connectivity index (χ4n) is 8.51. The molecule has 2 unspecified atom stereocenters. The van der Waals surface area contributed by atoms with Crippen LogP contribution in [0.5, 0.6) is 17.2 Å². The molecular formula is C54H84N4O6. The maximum absolute atomic E-state index is 11.5. The van der Waals surface area contributed by atoms with Gasteiger partial charge in [0.25, 0.3) is 0 Å². The van der Waals surface area contributed by atoms with Crippen molar-refractivity contribution in [2.24, 2.45) is 17.0 Å². The van der Waals surface area contributed by atoms with E-state index in [1.54, 1.807) is 0 Å². The lowest BCUT2D eigenvalue weighted by atomic mass is 9.99. The number of ether oxygens (including phenoxy) is 3. The number of likely N-dealkylation sites (tertiary alicyclic amines) is 3. The first-order valence-corrected chi connectivity index (χ1v) is 24.9. The van der Waals surface area contributed by atoms with Crippen LogP contribution >= 0.6 is 0 Å². The smallest absolute Gasteiger partial charge is 0.162 e. The van der Waals surface area contributed by atoms with Gasteiger partial charge in [-0.2, -0.15) is 0 Å². The van der Waals surface area contributed by atoms with Gasteiger partial charge in [0, 0.05) is 37.7 Å². The van der Waals surface area contributed by atoms with E-state index >= 15 is 0 Å². The number of rotatable bonds is 21. The number of benzene rings is 3. The number of hydrogen-bond donors (Lipinski definition) is 2. The maximum atomic E-state index is 11.5. The highest BCUT2D eigenvalue weighted by atomic mass is 16.5. The van der Waals surface area contributed by atoms with Crippen molar-refractivity contribution in [2.75, 3.05) is 72.2 Å². The van der Waals surface area contributed by atoms with Crippen LogP contribution in [0, 0.1) is 11.8 Å². The molecule has 3 aromatic rings.